The quantitative estimate of drug-likeness (QED) is 0.498. The van der Waals surface area contributed by atoms with Gasteiger partial charge < -0.3 is 25.0 Å². The van der Waals surface area contributed by atoms with Crippen LogP contribution in [0.3, 0.4) is 0 Å². The van der Waals surface area contributed by atoms with Gasteiger partial charge in [-0.25, -0.2) is 9.38 Å². The zero-order valence-electron chi connectivity index (χ0n) is 17.8. The van der Waals surface area contributed by atoms with Gasteiger partial charge in [-0.15, -0.1) is 0 Å². The lowest BCUT2D eigenvalue weighted by Gasteiger charge is -2.26. The zero-order chi connectivity index (χ0) is 21.2. The molecule has 0 radical (unpaired) electrons. The van der Waals surface area contributed by atoms with Crippen LogP contribution in [0.15, 0.2) is 47.5 Å². The minimum atomic E-state index is -0.234. The summed E-state index contributed by atoms with van der Waals surface area (Å²) in [5.41, 5.74) is 2.00. The van der Waals surface area contributed by atoms with Crippen molar-refractivity contribution in [2.75, 3.05) is 41.4 Å². The van der Waals surface area contributed by atoms with Gasteiger partial charge in [-0.2, -0.15) is 0 Å². The van der Waals surface area contributed by atoms with E-state index in [2.05, 4.69) is 20.5 Å². The summed E-state index contributed by atoms with van der Waals surface area (Å²) in [4.78, 5) is 6.78. The number of guanidine groups is 1. The third-order valence-electron chi connectivity index (χ3n) is 4.59. The number of nitrogens with zero attached hydrogens (tertiary/aromatic N) is 2. The maximum atomic E-state index is 13.3. The maximum absolute atomic E-state index is 13.3. The minimum Gasteiger partial charge on any atom is -0.497 e. The summed E-state index contributed by atoms with van der Waals surface area (Å²) in [5, 5.41) is 6.65. The van der Waals surface area contributed by atoms with Crippen LogP contribution in [0.5, 0.6) is 11.5 Å². The minimum absolute atomic E-state index is 0.0787. The Labute approximate surface area is 172 Å². The van der Waals surface area contributed by atoms with Gasteiger partial charge in [0.1, 0.15) is 17.3 Å². The smallest absolute Gasteiger partial charge is 0.191 e. The molecule has 7 heteroatoms. The van der Waals surface area contributed by atoms with Crippen molar-refractivity contribution < 1.29 is 13.9 Å². The van der Waals surface area contributed by atoms with Crippen molar-refractivity contribution in [1.82, 2.24) is 15.5 Å². The molecule has 0 saturated heterocycles. The van der Waals surface area contributed by atoms with E-state index >= 15 is 0 Å². The SMILES string of the molecule is CCNC(=NCc1ccc(OC)cc1OC)NCC(c1ccc(F)cc1)N(C)C. The molecule has 158 valence electrons. The molecule has 0 spiro atoms. The number of ether oxygens (including phenoxy) is 2. The second kappa shape index (κ2) is 11.3. The first-order chi connectivity index (χ1) is 14.0. The maximum Gasteiger partial charge on any atom is 0.191 e. The zero-order valence-corrected chi connectivity index (χ0v) is 17.8. The number of hydrogen-bond acceptors (Lipinski definition) is 4. The molecule has 2 aromatic rings. The Bertz CT molecular complexity index is 794. The van der Waals surface area contributed by atoms with Crippen LogP contribution >= 0.6 is 0 Å². The van der Waals surface area contributed by atoms with Gasteiger partial charge in [0, 0.05) is 24.7 Å². The topological polar surface area (TPSA) is 58.1 Å². The second-order valence-corrected chi connectivity index (χ2v) is 6.78. The highest BCUT2D eigenvalue weighted by atomic mass is 19.1. The van der Waals surface area contributed by atoms with Gasteiger partial charge in [-0.1, -0.05) is 12.1 Å². The molecule has 0 amide bonds. The lowest BCUT2D eigenvalue weighted by molar-refractivity contribution is 0.298. The first kappa shape index (κ1) is 22.5. The predicted octanol–water partition coefficient (Wildman–Crippen LogP) is 3.20. The summed E-state index contributed by atoms with van der Waals surface area (Å²) in [5.74, 6) is 1.95. The van der Waals surface area contributed by atoms with Gasteiger partial charge >= 0.3 is 0 Å². The number of benzene rings is 2. The first-order valence-electron chi connectivity index (χ1n) is 9.63. The molecule has 1 atom stereocenters. The monoisotopic (exact) mass is 402 g/mol. The third kappa shape index (κ3) is 6.64. The number of rotatable bonds is 9. The Kier molecular flexibility index (Phi) is 8.73. The number of hydrogen-bond donors (Lipinski definition) is 2. The van der Waals surface area contributed by atoms with Gasteiger partial charge in [0.2, 0.25) is 0 Å². The van der Waals surface area contributed by atoms with E-state index < -0.39 is 0 Å². The van der Waals surface area contributed by atoms with Gasteiger partial charge in [0.25, 0.3) is 0 Å². The van der Waals surface area contributed by atoms with Gasteiger partial charge in [0.15, 0.2) is 5.96 Å². The molecule has 0 aliphatic carbocycles. The highest BCUT2D eigenvalue weighted by molar-refractivity contribution is 5.79. The van der Waals surface area contributed by atoms with E-state index in [1.807, 2.05) is 51.4 Å². The molecule has 0 heterocycles. The number of likely N-dealkylation sites (N-methyl/N-ethyl adjacent to an activating group) is 1. The summed E-state index contributed by atoms with van der Waals surface area (Å²) in [6, 6.07) is 12.4. The predicted molar refractivity (Wildman–Crippen MR) is 115 cm³/mol. The molecule has 0 aliphatic heterocycles. The van der Waals surface area contributed by atoms with E-state index in [0.29, 0.717) is 19.0 Å². The molecule has 2 rings (SSSR count). The van der Waals surface area contributed by atoms with Crippen molar-refractivity contribution in [3.05, 3.63) is 59.4 Å². The summed E-state index contributed by atoms with van der Waals surface area (Å²) in [6.45, 7) is 3.86. The molecule has 6 nitrogen and oxygen atoms in total. The Hall–Kier alpha value is -2.80. The Morgan fingerprint density at radius 3 is 2.38 bits per heavy atom. The summed E-state index contributed by atoms with van der Waals surface area (Å²) >= 11 is 0. The molecule has 29 heavy (non-hydrogen) atoms. The number of methoxy groups -OCH3 is 2. The fourth-order valence-electron chi connectivity index (χ4n) is 2.97. The van der Waals surface area contributed by atoms with Crippen molar-refractivity contribution in [2.45, 2.75) is 19.5 Å². The summed E-state index contributed by atoms with van der Waals surface area (Å²) in [6.07, 6.45) is 0. The van der Waals surface area contributed by atoms with Crippen molar-refractivity contribution in [3.8, 4) is 11.5 Å². The summed E-state index contributed by atoms with van der Waals surface area (Å²) < 4.78 is 24.0. The van der Waals surface area contributed by atoms with E-state index in [1.165, 1.54) is 12.1 Å². The third-order valence-corrected chi connectivity index (χ3v) is 4.59. The van der Waals surface area contributed by atoms with Crippen LogP contribution in [0.25, 0.3) is 0 Å². The van der Waals surface area contributed by atoms with E-state index in [1.54, 1.807) is 14.2 Å². The first-order valence-corrected chi connectivity index (χ1v) is 9.63. The van der Waals surface area contributed by atoms with Crippen molar-refractivity contribution in [3.63, 3.8) is 0 Å². The number of halogens is 1. The second-order valence-electron chi connectivity index (χ2n) is 6.78. The Morgan fingerprint density at radius 2 is 1.79 bits per heavy atom. The highest BCUT2D eigenvalue weighted by Crippen LogP contribution is 2.25. The molecule has 1 unspecified atom stereocenters. The average molecular weight is 403 g/mol. The van der Waals surface area contributed by atoms with Gasteiger partial charge in [-0.05, 0) is 50.8 Å². The van der Waals surface area contributed by atoms with Crippen LogP contribution in [-0.2, 0) is 6.54 Å². The number of nitrogens with one attached hydrogen (secondary N) is 2. The van der Waals surface area contributed by atoms with Crippen LogP contribution in [0, 0.1) is 5.82 Å². The van der Waals surface area contributed by atoms with E-state index in [0.717, 1.165) is 29.2 Å². The molecule has 0 saturated carbocycles. The molecule has 0 bridgehead atoms. The normalized spacial score (nSPS) is 12.6. The molecule has 2 N–H and O–H groups in total. The van der Waals surface area contributed by atoms with Crippen LogP contribution in [0.1, 0.15) is 24.1 Å². The van der Waals surface area contributed by atoms with Gasteiger partial charge in [-0.3, -0.25) is 0 Å². The van der Waals surface area contributed by atoms with E-state index in [9.17, 15) is 4.39 Å². The fourth-order valence-corrected chi connectivity index (χ4v) is 2.97. The standard InChI is InChI=1S/C22H31FN4O2/c1-6-24-22(25-14-17-9-12-19(28-4)13-21(17)29-5)26-15-20(27(2)3)16-7-10-18(23)11-8-16/h7-13,20H,6,14-15H2,1-5H3,(H2,24,25,26). The van der Waals surface area contributed by atoms with Crippen molar-refractivity contribution in [2.24, 2.45) is 4.99 Å². The molecular formula is C22H31FN4O2. The van der Waals surface area contributed by atoms with Crippen LogP contribution in [-0.4, -0.2) is 52.3 Å². The van der Waals surface area contributed by atoms with Gasteiger partial charge in [0.05, 0.1) is 26.8 Å². The number of aliphatic imine (C=N–C) groups is 1. The molecule has 0 fully saturated rings. The molecule has 2 aromatic carbocycles. The van der Waals surface area contributed by atoms with Crippen molar-refractivity contribution >= 4 is 5.96 Å². The van der Waals surface area contributed by atoms with E-state index in [4.69, 9.17) is 9.47 Å². The average Bonchev–Trinajstić information content (AvgIpc) is 2.72. The fraction of sp³-hybridized carbons (Fsp3) is 0.409. The van der Waals surface area contributed by atoms with Crippen LogP contribution < -0.4 is 20.1 Å². The Morgan fingerprint density at radius 1 is 1.07 bits per heavy atom. The largest absolute Gasteiger partial charge is 0.497 e. The lowest BCUT2D eigenvalue weighted by Crippen LogP contribution is -2.41. The molecule has 0 aliphatic rings. The lowest BCUT2D eigenvalue weighted by atomic mass is 10.1. The van der Waals surface area contributed by atoms with Crippen LogP contribution in [0.2, 0.25) is 0 Å². The van der Waals surface area contributed by atoms with Crippen molar-refractivity contribution in [1.29, 1.82) is 0 Å². The van der Waals surface area contributed by atoms with Crippen LogP contribution in [0.4, 0.5) is 4.39 Å². The molecular weight excluding hydrogens is 371 g/mol. The Balaban J connectivity index is 2.11. The highest BCUT2D eigenvalue weighted by Gasteiger charge is 2.15. The molecule has 0 aromatic heterocycles. The van der Waals surface area contributed by atoms with E-state index in [-0.39, 0.29) is 11.9 Å². The summed E-state index contributed by atoms with van der Waals surface area (Å²) in [7, 11) is 7.27.